The van der Waals surface area contributed by atoms with Gasteiger partial charge in [-0.05, 0) is 25.2 Å². The highest BCUT2D eigenvalue weighted by Crippen LogP contribution is 2.11. The maximum atomic E-state index is 11.6. The lowest BCUT2D eigenvalue weighted by molar-refractivity contribution is -0.116. The van der Waals surface area contributed by atoms with Gasteiger partial charge in [0.2, 0.25) is 5.91 Å². The Kier molecular flexibility index (Phi) is 5.45. The van der Waals surface area contributed by atoms with Crippen LogP contribution in [0.4, 0.5) is 11.4 Å². The molecule has 0 heterocycles. The SMILES string of the molecule is CN(CCO)CCC(=O)Nc1cccc(N)c1. The van der Waals surface area contributed by atoms with Crippen molar-refractivity contribution in [1.82, 2.24) is 4.90 Å². The second-order valence-electron chi connectivity index (χ2n) is 3.95. The minimum atomic E-state index is -0.0552. The molecule has 1 amide bonds. The summed E-state index contributed by atoms with van der Waals surface area (Å²) in [5.41, 5.74) is 6.94. The van der Waals surface area contributed by atoms with Crippen LogP contribution >= 0.6 is 0 Å². The van der Waals surface area contributed by atoms with Crippen molar-refractivity contribution in [3.05, 3.63) is 24.3 Å². The van der Waals surface area contributed by atoms with Gasteiger partial charge >= 0.3 is 0 Å². The Morgan fingerprint density at radius 3 is 2.88 bits per heavy atom. The summed E-state index contributed by atoms with van der Waals surface area (Å²) >= 11 is 0. The molecule has 5 heteroatoms. The van der Waals surface area contributed by atoms with Gasteiger partial charge in [-0.25, -0.2) is 0 Å². The number of aliphatic hydroxyl groups is 1. The number of likely N-dealkylation sites (N-methyl/N-ethyl adjacent to an activating group) is 1. The molecule has 0 bridgehead atoms. The van der Waals surface area contributed by atoms with Crippen molar-refractivity contribution in [2.24, 2.45) is 0 Å². The largest absolute Gasteiger partial charge is 0.399 e. The van der Waals surface area contributed by atoms with Gasteiger partial charge in [0.1, 0.15) is 0 Å². The predicted molar refractivity (Wildman–Crippen MR) is 68.7 cm³/mol. The molecule has 0 aliphatic carbocycles. The van der Waals surface area contributed by atoms with Crippen LogP contribution in [-0.2, 0) is 4.79 Å². The van der Waals surface area contributed by atoms with Crippen LogP contribution in [0.5, 0.6) is 0 Å². The molecule has 5 nitrogen and oxygen atoms in total. The van der Waals surface area contributed by atoms with E-state index in [1.54, 1.807) is 24.3 Å². The molecule has 0 unspecified atom stereocenters. The third-order valence-corrected chi connectivity index (χ3v) is 2.37. The van der Waals surface area contributed by atoms with Gasteiger partial charge < -0.3 is 21.1 Å². The maximum absolute atomic E-state index is 11.6. The molecule has 0 atom stereocenters. The number of aliphatic hydroxyl groups excluding tert-OH is 1. The summed E-state index contributed by atoms with van der Waals surface area (Å²) < 4.78 is 0. The number of nitrogens with zero attached hydrogens (tertiary/aromatic N) is 1. The molecule has 0 saturated carbocycles. The van der Waals surface area contributed by atoms with Crippen molar-refractivity contribution >= 4 is 17.3 Å². The van der Waals surface area contributed by atoms with Crippen LogP contribution < -0.4 is 11.1 Å². The van der Waals surface area contributed by atoms with Gasteiger partial charge in [-0.1, -0.05) is 6.07 Å². The predicted octanol–water partition coefficient (Wildman–Crippen LogP) is 0.521. The van der Waals surface area contributed by atoms with Crippen LogP contribution in [0.1, 0.15) is 6.42 Å². The number of carbonyl (C=O) groups excluding carboxylic acids is 1. The summed E-state index contributed by atoms with van der Waals surface area (Å²) in [5, 5.41) is 11.5. The third kappa shape index (κ3) is 5.33. The van der Waals surface area contributed by atoms with Gasteiger partial charge in [0.05, 0.1) is 6.61 Å². The molecule has 1 aromatic carbocycles. The molecular formula is C12H19N3O2. The van der Waals surface area contributed by atoms with E-state index in [2.05, 4.69) is 5.32 Å². The lowest BCUT2D eigenvalue weighted by Gasteiger charge is -2.14. The molecule has 0 radical (unpaired) electrons. The second kappa shape index (κ2) is 6.88. The normalized spacial score (nSPS) is 10.5. The first-order valence-electron chi connectivity index (χ1n) is 5.56. The van der Waals surface area contributed by atoms with E-state index in [0.717, 1.165) is 0 Å². The Balaban J connectivity index is 2.34. The molecule has 0 aliphatic rings. The molecule has 4 N–H and O–H groups in total. The van der Waals surface area contributed by atoms with Gasteiger partial charge in [-0.3, -0.25) is 4.79 Å². The number of hydrogen-bond donors (Lipinski definition) is 3. The number of nitrogens with two attached hydrogens (primary N) is 1. The van der Waals surface area contributed by atoms with Crippen LogP contribution in [-0.4, -0.2) is 42.7 Å². The van der Waals surface area contributed by atoms with E-state index >= 15 is 0 Å². The number of rotatable bonds is 6. The van der Waals surface area contributed by atoms with E-state index in [1.807, 2.05) is 11.9 Å². The zero-order valence-corrected chi connectivity index (χ0v) is 10.0. The fraction of sp³-hybridized carbons (Fsp3) is 0.417. The molecule has 0 saturated heterocycles. The van der Waals surface area contributed by atoms with E-state index in [9.17, 15) is 4.79 Å². The van der Waals surface area contributed by atoms with Gasteiger partial charge in [-0.2, -0.15) is 0 Å². The summed E-state index contributed by atoms with van der Waals surface area (Å²) in [6, 6.07) is 7.08. The quantitative estimate of drug-likeness (QED) is 0.630. The molecule has 1 aromatic rings. The van der Waals surface area contributed by atoms with Crippen LogP contribution in [0, 0.1) is 0 Å². The minimum Gasteiger partial charge on any atom is -0.399 e. The topological polar surface area (TPSA) is 78.6 Å². The minimum absolute atomic E-state index is 0.0552. The van der Waals surface area contributed by atoms with Crippen LogP contribution in [0.25, 0.3) is 0 Å². The van der Waals surface area contributed by atoms with E-state index in [4.69, 9.17) is 10.8 Å². The Morgan fingerprint density at radius 1 is 1.47 bits per heavy atom. The summed E-state index contributed by atoms with van der Waals surface area (Å²) in [4.78, 5) is 13.5. The number of benzene rings is 1. The number of amides is 1. The maximum Gasteiger partial charge on any atom is 0.225 e. The lowest BCUT2D eigenvalue weighted by atomic mass is 10.2. The van der Waals surface area contributed by atoms with Crippen molar-refractivity contribution in [2.45, 2.75) is 6.42 Å². The van der Waals surface area contributed by atoms with Crippen LogP contribution in [0.2, 0.25) is 0 Å². The second-order valence-corrected chi connectivity index (χ2v) is 3.95. The molecule has 0 spiro atoms. The van der Waals surface area contributed by atoms with Crippen molar-refractivity contribution in [3.8, 4) is 0 Å². The highest BCUT2D eigenvalue weighted by Gasteiger charge is 2.04. The Hall–Kier alpha value is -1.59. The summed E-state index contributed by atoms with van der Waals surface area (Å²) in [7, 11) is 1.87. The molecular weight excluding hydrogens is 218 g/mol. The number of nitrogen functional groups attached to an aromatic ring is 1. The molecule has 0 aromatic heterocycles. The number of anilines is 2. The Bertz CT molecular complexity index is 369. The molecule has 0 aliphatic heterocycles. The average Bonchev–Trinajstić information content (AvgIpc) is 2.27. The first-order valence-corrected chi connectivity index (χ1v) is 5.56. The van der Waals surface area contributed by atoms with Crippen molar-refractivity contribution < 1.29 is 9.90 Å². The number of nitrogens with one attached hydrogen (secondary N) is 1. The van der Waals surface area contributed by atoms with Crippen molar-refractivity contribution in [2.75, 3.05) is 37.8 Å². The Labute approximate surface area is 101 Å². The first-order chi connectivity index (χ1) is 8.11. The zero-order valence-electron chi connectivity index (χ0n) is 10.0. The fourth-order valence-corrected chi connectivity index (χ4v) is 1.41. The highest BCUT2D eigenvalue weighted by molar-refractivity contribution is 5.91. The molecule has 17 heavy (non-hydrogen) atoms. The smallest absolute Gasteiger partial charge is 0.225 e. The van der Waals surface area contributed by atoms with Crippen LogP contribution in [0.3, 0.4) is 0 Å². The molecule has 94 valence electrons. The fourth-order valence-electron chi connectivity index (χ4n) is 1.41. The summed E-state index contributed by atoms with van der Waals surface area (Å²) in [5.74, 6) is -0.0552. The standard InChI is InChI=1S/C12H19N3O2/c1-15(7-8-16)6-5-12(17)14-11-4-2-3-10(13)9-11/h2-4,9,16H,5-8,13H2,1H3,(H,14,17). The van der Waals surface area contributed by atoms with Crippen molar-refractivity contribution in [3.63, 3.8) is 0 Å². The zero-order chi connectivity index (χ0) is 12.7. The van der Waals surface area contributed by atoms with Gasteiger partial charge in [0.25, 0.3) is 0 Å². The van der Waals surface area contributed by atoms with Crippen molar-refractivity contribution in [1.29, 1.82) is 0 Å². The number of carbonyl (C=O) groups is 1. The van der Waals surface area contributed by atoms with E-state index < -0.39 is 0 Å². The Morgan fingerprint density at radius 2 is 2.24 bits per heavy atom. The molecule has 0 fully saturated rings. The van der Waals surface area contributed by atoms with Gasteiger partial charge in [-0.15, -0.1) is 0 Å². The number of hydrogen-bond acceptors (Lipinski definition) is 4. The third-order valence-electron chi connectivity index (χ3n) is 2.37. The van der Waals surface area contributed by atoms with E-state index in [-0.39, 0.29) is 12.5 Å². The van der Waals surface area contributed by atoms with Crippen LogP contribution in [0.15, 0.2) is 24.3 Å². The highest BCUT2D eigenvalue weighted by atomic mass is 16.3. The average molecular weight is 237 g/mol. The van der Waals surface area contributed by atoms with E-state index in [1.165, 1.54) is 0 Å². The van der Waals surface area contributed by atoms with Gasteiger partial charge in [0.15, 0.2) is 0 Å². The van der Waals surface area contributed by atoms with Gasteiger partial charge in [0, 0.05) is 30.9 Å². The monoisotopic (exact) mass is 237 g/mol. The summed E-state index contributed by atoms with van der Waals surface area (Å²) in [6.07, 6.45) is 0.394. The lowest BCUT2D eigenvalue weighted by Crippen LogP contribution is -2.26. The summed E-state index contributed by atoms with van der Waals surface area (Å²) in [6.45, 7) is 1.30. The first kappa shape index (κ1) is 13.5. The van der Waals surface area contributed by atoms with E-state index in [0.29, 0.717) is 30.9 Å². The molecule has 1 rings (SSSR count).